The van der Waals surface area contributed by atoms with Gasteiger partial charge in [-0.1, -0.05) is 130 Å². The van der Waals surface area contributed by atoms with Crippen LogP contribution in [0.25, 0.3) is 0 Å². The van der Waals surface area contributed by atoms with Gasteiger partial charge in [-0.2, -0.15) is 0 Å². The number of phosphoric ester groups is 1. The Hall–Kier alpha value is -4.19. The Kier molecular flexibility index (Phi) is 36.5. The van der Waals surface area contributed by atoms with Gasteiger partial charge < -0.3 is 25.2 Å². The Morgan fingerprint density at radius 3 is 1.66 bits per heavy atom. The highest BCUT2D eigenvalue weighted by Crippen LogP contribution is 2.43. The van der Waals surface area contributed by atoms with E-state index in [1.165, 1.54) is 25.3 Å². The molecule has 0 aliphatic rings. The number of carbonyl (C=O) groups is 4. The van der Waals surface area contributed by atoms with E-state index in [9.17, 15) is 28.6 Å². The molecule has 0 rings (SSSR count). The molecule has 0 aromatic heterocycles. The molecule has 0 fully saturated rings. The van der Waals surface area contributed by atoms with Crippen molar-refractivity contribution in [1.29, 1.82) is 0 Å². The van der Waals surface area contributed by atoms with Crippen LogP contribution < -0.4 is 5.73 Å². The van der Waals surface area contributed by atoms with Crippen LogP contribution in [0.4, 0.5) is 0 Å². The fourth-order valence-corrected chi connectivity index (χ4v) is 5.48. The summed E-state index contributed by atoms with van der Waals surface area (Å²) in [5.41, 5.74) is 5.31. The highest BCUT2D eigenvalue weighted by atomic mass is 31.2. The van der Waals surface area contributed by atoms with Gasteiger partial charge in [0.05, 0.1) is 13.2 Å². The summed E-state index contributed by atoms with van der Waals surface area (Å²) in [5.74, 6) is -2.94. The monoisotopic (exact) mass is 843 g/mol. The third-order valence-electron chi connectivity index (χ3n) is 7.98. The first kappa shape index (κ1) is 54.8. The van der Waals surface area contributed by atoms with Gasteiger partial charge in [-0.05, 0) is 83.1 Å². The van der Waals surface area contributed by atoms with Gasteiger partial charge in [-0.25, -0.2) is 4.57 Å². The van der Waals surface area contributed by atoms with Crippen LogP contribution in [-0.2, 0) is 42.3 Å². The van der Waals surface area contributed by atoms with E-state index < -0.39 is 57.7 Å². The van der Waals surface area contributed by atoms with Crippen molar-refractivity contribution in [2.45, 2.75) is 135 Å². The predicted octanol–water partition coefficient (Wildman–Crippen LogP) is 10.2. The van der Waals surface area contributed by atoms with Crippen LogP contribution >= 0.6 is 7.82 Å². The molecule has 12 nitrogen and oxygen atoms in total. The lowest BCUT2D eigenvalue weighted by Crippen LogP contribution is -2.34. The van der Waals surface area contributed by atoms with Crippen LogP contribution in [0.3, 0.4) is 0 Å². The first-order valence-electron chi connectivity index (χ1n) is 20.9. The van der Waals surface area contributed by atoms with Crippen molar-refractivity contribution >= 4 is 31.5 Å². The Labute approximate surface area is 353 Å². The van der Waals surface area contributed by atoms with Gasteiger partial charge in [-0.15, -0.1) is 0 Å². The van der Waals surface area contributed by atoms with Gasteiger partial charge in [0.25, 0.3) is 0 Å². The van der Waals surface area contributed by atoms with Crippen molar-refractivity contribution < 1.29 is 52.3 Å². The van der Waals surface area contributed by atoms with E-state index in [0.717, 1.165) is 51.4 Å². The number of hydrogen-bond donors (Lipinski definition) is 3. The highest BCUT2D eigenvalue weighted by molar-refractivity contribution is 7.47. The van der Waals surface area contributed by atoms with Crippen molar-refractivity contribution in [3.63, 3.8) is 0 Å². The molecule has 330 valence electrons. The number of carbonyl (C=O) groups excluding carboxylic acids is 3. The standard InChI is InChI=1S/C46H70NO11P/c1-3-5-7-9-11-13-15-17-18-19-20-22-24-26-28-30-32-36-44(49)55-38-42(39-56-59(53,54)57-40-43(47)46(51)52)58-45(50)37-33-35-41(48)34-31-29-27-25-23-21-16-14-12-10-8-6-4-2/h5,7,11-14,17-18,20-23,26-29,31,34,42-43H,3-4,6,8-10,15-16,19,24-25,30,32-33,35-40,47H2,1-2H3,(H,51,52)(H,53,54)/b7-5-,13-11-,14-12-,18-17-,22-20-,23-21-,28-26-,29-27-,34-31+/t42-,43+/m1/s1. The molecule has 0 amide bonds. The molecule has 13 heteroatoms. The average molecular weight is 844 g/mol. The van der Waals surface area contributed by atoms with Crippen LogP contribution in [0, 0.1) is 0 Å². The summed E-state index contributed by atoms with van der Waals surface area (Å²) in [4.78, 5) is 58.1. The van der Waals surface area contributed by atoms with E-state index in [1.54, 1.807) is 12.2 Å². The van der Waals surface area contributed by atoms with E-state index in [2.05, 4.69) is 91.3 Å². The molecule has 0 spiro atoms. The summed E-state index contributed by atoms with van der Waals surface area (Å²) < 4.78 is 32.4. The maximum absolute atomic E-state index is 12.6. The third-order valence-corrected chi connectivity index (χ3v) is 8.93. The summed E-state index contributed by atoms with van der Waals surface area (Å²) in [6.45, 7) is 2.32. The topological polar surface area (TPSA) is 189 Å². The van der Waals surface area contributed by atoms with Crippen LogP contribution in [0.15, 0.2) is 109 Å². The Balaban J connectivity index is 4.71. The normalized spacial score (nSPS) is 14.7. The summed E-state index contributed by atoms with van der Waals surface area (Å²) >= 11 is 0. The number of nitrogens with two attached hydrogens (primary N) is 1. The molecule has 4 N–H and O–H groups in total. The van der Waals surface area contributed by atoms with Gasteiger partial charge in [0.2, 0.25) is 0 Å². The zero-order valence-corrected chi connectivity index (χ0v) is 36.2. The minimum Gasteiger partial charge on any atom is -0.480 e. The van der Waals surface area contributed by atoms with E-state index in [-0.39, 0.29) is 31.5 Å². The number of esters is 2. The van der Waals surface area contributed by atoms with Crippen molar-refractivity contribution in [3.8, 4) is 0 Å². The minimum atomic E-state index is -4.80. The van der Waals surface area contributed by atoms with Gasteiger partial charge in [-0.3, -0.25) is 28.2 Å². The molecule has 59 heavy (non-hydrogen) atoms. The number of carboxylic acid groups (broad SMARTS) is 1. The second-order valence-corrected chi connectivity index (χ2v) is 14.9. The van der Waals surface area contributed by atoms with Crippen LogP contribution in [-0.4, -0.2) is 65.7 Å². The molecule has 0 aliphatic carbocycles. The number of allylic oxidation sites excluding steroid dienone is 18. The maximum atomic E-state index is 12.6. The maximum Gasteiger partial charge on any atom is 0.472 e. The number of hydrogen-bond acceptors (Lipinski definition) is 10. The molecule has 0 aromatic carbocycles. The molecule has 0 bridgehead atoms. The SMILES string of the molecule is CC/C=C\C/C=C\C/C=C\C/C=C\C/C=C\CCCC(=O)OC[C@H](COP(=O)(O)OC[C@H](N)C(=O)O)OC(=O)CCCC(=O)/C=C/C=C\C/C=C\C/C=C\CCCCC. The summed E-state index contributed by atoms with van der Waals surface area (Å²) in [5, 5.41) is 8.88. The quantitative estimate of drug-likeness (QED) is 0.0134. The molecule has 0 saturated heterocycles. The van der Waals surface area contributed by atoms with Crippen LogP contribution in [0.5, 0.6) is 0 Å². The number of ketones is 1. The molecule has 0 aliphatic heterocycles. The van der Waals surface area contributed by atoms with E-state index in [0.29, 0.717) is 12.8 Å². The van der Waals surface area contributed by atoms with Crippen molar-refractivity contribution in [2.24, 2.45) is 5.73 Å². The zero-order chi connectivity index (χ0) is 43.7. The van der Waals surface area contributed by atoms with Crippen molar-refractivity contribution in [2.75, 3.05) is 19.8 Å². The lowest BCUT2D eigenvalue weighted by atomic mass is 10.1. The molecule has 0 aromatic rings. The van der Waals surface area contributed by atoms with E-state index in [1.807, 2.05) is 18.2 Å². The van der Waals surface area contributed by atoms with Gasteiger partial charge >= 0.3 is 25.7 Å². The fourth-order valence-electron chi connectivity index (χ4n) is 4.70. The number of unbranched alkanes of at least 4 members (excludes halogenated alkanes) is 4. The molecular formula is C46H70NO11P. The zero-order valence-electron chi connectivity index (χ0n) is 35.3. The fraction of sp³-hybridized carbons (Fsp3) is 0.522. The average Bonchev–Trinajstić information content (AvgIpc) is 3.20. The number of phosphoric acid groups is 1. The summed E-state index contributed by atoms with van der Waals surface area (Å²) in [6.07, 6.45) is 47.5. The number of ether oxygens (including phenoxy) is 2. The second kappa shape index (κ2) is 39.3. The van der Waals surface area contributed by atoms with Crippen molar-refractivity contribution in [1.82, 2.24) is 0 Å². The molecule has 0 heterocycles. The summed E-state index contributed by atoms with van der Waals surface area (Å²) in [7, 11) is -4.80. The minimum absolute atomic E-state index is 0.0848. The Morgan fingerprint density at radius 1 is 0.593 bits per heavy atom. The third kappa shape index (κ3) is 39.1. The summed E-state index contributed by atoms with van der Waals surface area (Å²) in [6, 6.07) is -1.57. The predicted molar refractivity (Wildman–Crippen MR) is 235 cm³/mol. The molecule has 1 unspecified atom stereocenters. The molecular weight excluding hydrogens is 773 g/mol. The van der Waals surface area contributed by atoms with Crippen LogP contribution in [0.2, 0.25) is 0 Å². The largest absolute Gasteiger partial charge is 0.480 e. The number of aliphatic carboxylic acids is 1. The van der Waals surface area contributed by atoms with Gasteiger partial charge in [0, 0.05) is 19.3 Å². The van der Waals surface area contributed by atoms with Crippen molar-refractivity contribution in [3.05, 3.63) is 109 Å². The Morgan fingerprint density at radius 2 is 1.10 bits per heavy atom. The molecule has 0 saturated carbocycles. The number of rotatable bonds is 37. The molecule has 3 atom stereocenters. The lowest BCUT2D eigenvalue weighted by Gasteiger charge is -2.20. The first-order valence-corrected chi connectivity index (χ1v) is 22.4. The second-order valence-electron chi connectivity index (χ2n) is 13.4. The Bertz CT molecular complexity index is 1470. The molecule has 0 radical (unpaired) electrons. The highest BCUT2D eigenvalue weighted by Gasteiger charge is 2.28. The number of carboxylic acids is 1. The van der Waals surface area contributed by atoms with Crippen LogP contribution in [0.1, 0.15) is 123 Å². The smallest absolute Gasteiger partial charge is 0.472 e. The van der Waals surface area contributed by atoms with Gasteiger partial charge in [0.1, 0.15) is 12.6 Å². The lowest BCUT2D eigenvalue weighted by molar-refractivity contribution is -0.161. The first-order chi connectivity index (χ1) is 28.5. The van der Waals surface area contributed by atoms with E-state index in [4.69, 9.17) is 24.8 Å². The van der Waals surface area contributed by atoms with E-state index >= 15 is 0 Å². The van der Waals surface area contributed by atoms with Gasteiger partial charge in [0.15, 0.2) is 11.9 Å².